The molecule has 1 atom stereocenters. The standard InChI is InChI=1S/C16H20N2O/c1-12(2)19-16-8-4-3-7-14(16)15(17)10-13-6-5-9-18-11-13/h3-9,11-12,15H,10,17H2,1-2H3. The Morgan fingerprint density at radius 1 is 1.16 bits per heavy atom. The van der Waals surface area contributed by atoms with Crippen LogP contribution >= 0.6 is 0 Å². The highest BCUT2D eigenvalue weighted by atomic mass is 16.5. The number of ether oxygens (including phenoxy) is 1. The Morgan fingerprint density at radius 3 is 2.63 bits per heavy atom. The molecule has 0 fully saturated rings. The minimum absolute atomic E-state index is 0.0841. The first-order chi connectivity index (χ1) is 9.16. The minimum Gasteiger partial charge on any atom is -0.491 e. The molecular weight excluding hydrogens is 236 g/mol. The van der Waals surface area contributed by atoms with Gasteiger partial charge in [-0.2, -0.15) is 0 Å². The Balaban J connectivity index is 2.16. The summed E-state index contributed by atoms with van der Waals surface area (Å²) in [5.41, 5.74) is 8.47. The predicted molar refractivity (Wildman–Crippen MR) is 77.1 cm³/mol. The van der Waals surface area contributed by atoms with Gasteiger partial charge in [-0.05, 0) is 38.0 Å². The van der Waals surface area contributed by atoms with Crippen LogP contribution in [-0.4, -0.2) is 11.1 Å². The van der Waals surface area contributed by atoms with Crippen LogP contribution in [0.15, 0.2) is 48.8 Å². The molecule has 0 saturated carbocycles. The molecule has 19 heavy (non-hydrogen) atoms. The molecular formula is C16H20N2O. The van der Waals surface area contributed by atoms with Crippen LogP contribution in [0.3, 0.4) is 0 Å². The lowest BCUT2D eigenvalue weighted by atomic mass is 10.00. The van der Waals surface area contributed by atoms with Crippen molar-refractivity contribution in [3.05, 3.63) is 59.9 Å². The van der Waals surface area contributed by atoms with Crippen LogP contribution in [0.4, 0.5) is 0 Å². The molecule has 1 unspecified atom stereocenters. The zero-order valence-corrected chi connectivity index (χ0v) is 11.4. The van der Waals surface area contributed by atoms with E-state index in [-0.39, 0.29) is 12.1 Å². The van der Waals surface area contributed by atoms with Gasteiger partial charge in [0.05, 0.1) is 6.10 Å². The van der Waals surface area contributed by atoms with Crippen molar-refractivity contribution in [2.75, 3.05) is 0 Å². The van der Waals surface area contributed by atoms with E-state index in [1.54, 1.807) is 6.20 Å². The van der Waals surface area contributed by atoms with Crippen LogP contribution in [0.5, 0.6) is 5.75 Å². The number of pyridine rings is 1. The molecule has 2 rings (SSSR count). The number of para-hydroxylation sites is 1. The minimum atomic E-state index is -0.0841. The number of benzene rings is 1. The third-order valence-electron chi connectivity index (χ3n) is 2.86. The van der Waals surface area contributed by atoms with Crippen LogP contribution in [0.1, 0.15) is 31.0 Å². The van der Waals surface area contributed by atoms with Crippen molar-refractivity contribution in [1.29, 1.82) is 0 Å². The first kappa shape index (κ1) is 13.6. The molecule has 2 N–H and O–H groups in total. The fraction of sp³-hybridized carbons (Fsp3) is 0.312. The monoisotopic (exact) mass is 256 g/mol. The highest BCUT2D eigenvalue weighted by Gasteiger charge is 2.13. The summed E-state index contributed by atoms with van der Waals surface area (Å²) in [6.45, 7) is 4.03. The van der Waals surface area contributed by atoms with Gasteiger partial charge in [0.15, 0.2) is 0 Å². The van der Waals surface area contributed by atoms with Gasteiger partial charge < -0.3 is 10.5 Å². The van der Waals surface area contributed by atoms with Crippen LogP contribution in [0, 0.1) is 0 Å². The molecule has 0 spiro atoms. The SMILES string of the molecule is CC(C)Oc1ccccc1C(N)Cc1cccnc1. The van der Waals surface area contributed by atoms with E-state index < -0.39 is 0 Å². The fourth-order valence-electron chi connectivity index (χ4n) is 2.03. The normalized spacial score (nSPS) is 12.4. The van der Waals surface area contributed by atoms with Crippen molar-refractivity contribution in [1.82, 2.24) is 4.98 Å². The van der Waals surface area contributed by atoms with Crippen LogP contribution in [-0.2, 0) is 6.42 Å². The molecule has 3 nitrogen and oxygen atoms in total. The fourth-order valence-corrected chi connectivity index (χ4v) is 2.03. The maximum atomic E-state index is 6.30. The van der Waals surface area contributed by atoms with Gasteiger partial charge in [-0.25, -0.2) is 0 Å². The van der Waals surface area contributed by atoms with Crippen molar-refractivity contribution in [3.63, 3.8) is 0 Å². The Morgan fingerprint density at radius 2 is 1.95 bits per heavy atom. The summed E-state index contributed by atoms with van der Waals surface area (Å²) in [6.07, 6.45) is 4.52. The highest BCUT2D eigenvalue weighted by Crippen LogP contribution is 2.26. The Hall–Kier alpha value is -1.87. The average molecular weight is 256 g/mol. The zero-order valence-electron chi connectivity index (χ0n) is 11.4. The molecule has 0 aliphatic heterocycles. The second-order valence-electron chi connectivity index (χ2n) is 4.88. The molecule has 1 aromatic heterocycles. The molecule has 1 heterocycles. The predicted octanol–water partition coefficient (Wildman–Crippen LogP) is 3.11. The summed E-state index contributed by atoms with van der Waals surface area (Å²) in [5, 5.41) is 0. The first-order valence-electron chi connectivity index (χ1n) is 6.57. The quantitative estimate of drug-likeness (QED) is 0.894. The molecule has 0 aliphatic carbocycles. The third kappa shape index (κ3) is 3.80. The molecule has 2 aromatic rings. The molecule has 3 heteroatoms. The second-order valence-corrected chi connectivity index (χ2v) is 4.88. The number of nitrogens with zero attached hydrogens (tertiary/aromatic N) is 1. The van der Waals surface area contributed by atoms with E-state index >= 15 is 0 Å². The van der Waals surface area contributed by atoms with E-state index in [4.69, 9.17) is 10.5 Å². The summed E-state index contributed by atoms with van der Waals surface area (Å²) in [6, 6.07) is 11.8. The van der Waals surface area contributed by atoms with Gasteiger partial charge in [0.25, 0.3) is 0 Å². The van der Waals surface area contributed by atoms with Crippen molar-refractivity contribution in [2.45, 2.75) is 32.4 Å². The third-order valence-corrected chi connectivity index (χ3v) is 2.86. The van der Waals surface area contributed by atoms with Crippen LogP contribution < -0.4 is 10.5 Å². The van der Waals surface area contributed by atoms with Crippen molar-refractivity contribution in [3.8, 4) is 5.75 Å². The summed E-state index contributed by atoms with van der Waals surface area (Å²) >= 11 is 0. The van der Waals surface area contributed by atoms with Gasteiger partial charge in [-0.15, -0.1) is 0 Å². The second kappa shape index (κ2) is 6.34. The molecule has 0 bridgehead atoms. The number of nitrogens with two attached hydrogens (primary N) is 1. The van der Waals surface area contributed by atoms with Crippen molar-refractivity contribution < 1.29 is 4.74 Å². The van der Waals surface area contributed by atoms with E-state index in [9.17, 15) is 0 Å². The zero-order chi connectivity index (χ0) is 13.7. The molecule has 0 amide bonds. The largest absolute Gasteiger partial charge is 0.491 e. The van der Waals surface area contributed by atoms with Gasteiger partial charge >= 0.3 is 0 Å². The average Bonchev–Trinajstić information content (AvgIpc) is 2.39. The Labute approximate surface area is 114 Å². The van der Waals surface area contributed by atoms with E-state index in [2.05, 4.69) is 4.98 Å². The van der Waals surface area contributed by atoms with E-state index in [0.717, 1.165) is 23.3 Å². The molecule has 0 saturated heterocycles. The lowest BCUT2D eigenvalue weighted by Gasteiger charge is -2.18. The summed E-state index contributed by atoms with van der Waals surface area (Å²) < 4.78 is 5.81. The molecule has 0 aliphatic rings. The van der Waals surface area contributed by atoms with Crippen LogP contribution in [0.2, 0.25) is 0 Å². The summed E-state index contributed by atoms with van der Waals surface area (Å²) in [5.74, 6) is 0.869. The van der Waals surface area contributed by atoms with Gasteiger partial charge in [-0.3, -0.25) is 4.98 Å². The molecule has 1 aromatic carbocycles. The first-order valence-corrected chi connectivity index (χ1v) is 6.57. The molecule has 100 valence electrons. The van der Waals surface area contributed by atoms with Crippen LogP contribution in [0.25, 0.3) is 0 Å². The van der Waals surface area contributed by atoms with Crippen molar-refractivity contribution >= 4 is 0 Å². The van der Waals surface area contributed by atoms with Gasteiger partial charge in [0.1, 0.15) is 5.75 Å². The number of rotatable bonds is 5. The van der Waals surface area contributed by atoms with E-state index in [1.807, 2.05) is 56.4 Å². The Bertz CT molecular complexity index is 511. The van der Waals surface area contributed by atoms with Crippen molar-refractivity contribution in [2.24, 2.45) is 5.73 Å². The molecule has 0 radical (unpaired) electrons. The van der Waals surface area contributed by atoms with Gasteiger partial charge in [0, 0.05) is 24.0 Å². The van der Waals surface area contributed by atoms with E-state index in [0.29, 0.717) is 0 Å². The number of hydrogen-bond donors (Lipinski definition) is 1. The number of hydrogen-bond acceptors (Lipinski definition) is 3. The lowest BCUT2D eigenvalue weighted by Crippen LogP contribution is -2.16. The highest BCUT2D eigenvalue weighted by molar-refractivity contribution is 5.36. The topological polar surface area (TPSA) is 48.1 Å². The summed E-state index contributed by atoms with van der Waals surface area (Å²) in [4.78, 5) is 4.12. The maximum absolute atomic E-state index is 6.30. The van der Waals surface area contributed by atoms with E-state index in [1.165, 1.54) is 0 Å². The summed E-state index contributed by atoms with van der Waals surface area (Å²) in [7, 11) is 0. The maximum Gasteiger partial charge on any atom is 0.124 e. The van der Waals surface area contributed by atoms with Gasteiger partial charge in [-0.1, -0.05) is 24.3 Å². The lowest BCUT2D eigenvalue weighted by molar-refractivity contribution is 0.238. The number of aromatic nitrogens is 1. The van der Waals surface area contributed by atoms with Gasteiger partial charge in [0.2, 0.25) is 0 Å². The Kier molecular flexibility index (Phi) is 4.53. The smallest absolute Gasteiger partial charge is 0.124 e.